The summed E-state index contributed by atoms with van der Waals surface area (Å²) in [6, 6.07) is 13.2. The lowest BCUT2D eigenvalue weighted by atomic mass is 10.0. The number of methoxy groups -OCH3 is 1. The number of hydrogen-bond acceptors (Lipinski definition) is 5. The quantitative estimate of drug-likeness (QED) is 0.608. The van der Waals surface area contributed by atoms with Crippen LogP contribution in [-0.4, -0.2) is 28.5 Å². The van der Waals surface area contributed by atoms with E-state index in [1.165, 1.54) is 18.4 Å². The minimum Gasteiger partial charge on any atom is -0.464 e. The third-order valence-electron chi connectivity index (χ3n) is 4.36. The second kappa shape index (κ2) is 8.84. The minimum atomic E-state index is -0.506. The van der Waals surface area contributed by atoms with Gasteiger partial charge in [0.05, 0.1) is 7.11 Å². The van der Waals surface area contributed by atoms with E-state index in [9.17, 15) is 9.59 Å². The van der Waals surface area contributed by atoms with Gasteiger partial charge in [0.1, 0.15) is 6.04 Å². The number of carbonyl (C=O) groups excluding carboxylic acids is 2. The van der Waals surface area contributed by atoms with Crippen LogP contribution in [0.4, 0.5) is 5.13 Å². The Morgan fingerprint density at radius 1 is 1.14 bits per heavy atom. The largest absolute Gasteiger partial charge is 0.464 e. The first-order chi connectivity index (χ1) is 13.5. The fraction of sp³-hybridized carbons (Fsp3) is 0.286. The van der Waals surface area contributed by atoms with Gasteiger partial charge in [0.15, 0.2) is 10.8 Å². The fourth-order valence-electron chi connectivity index (χ4n) is 3.06. The summed E-state index contributed by atoms with van der Waals surface area (Å²) < 4.78 is 6.74. The summed E-state index contributed by atoms with van der Waals surface area (Å²) in [5, 5.41) is 3.27. The predicted molar refractivity (Wildman–Crippen MR) is 110 cm³/mol. The van der Waals surface area contributed by atoms with E-state index < -0.39 is 5.97 Å². The number of ether oxygens (including phenoxy) is 1. The van der Waals surface area contributed by atoms with Crippen molar-refractivity contribution in [2.24, 2.45) is 5.92 Å². The molecule has 0 bridgehead atoms. The Morgan fingerprint density at radius 3 is 2.43 bits per heavy atom. The summed E-state index contributed by atoms with van der Waals surface area (Å²) in [5.41, 5.74) is 1.30. The number of thiazole rings is 1. The number of rotatable bonds is 7. The molecule has 1 atom stereocenters. The first kappa shape index (κ1) is 19.8. The zero-order valence-electron chi connectivity index (χ0n) is 16.1. The Labute approximate surface area is 168 Å². The van der Waals surface area contributed by atoms with Gasteiger partial charge in [-0.3, -0.25) is 4.79 Å². The molecule has 1 N–H and O–H groups in total. The van der Waals surface area contributed by atoms with E-state index in [0.29, 0.717) is 11.6 Å². The molecule has 3 aromatic rings. The van der Waals surface area contributed by atoms with Crippen LogP contribution < -0.4 is 5.32 Å². The highest BCUT2D eigenvalue weighted by Crippen LogP contribution is 2.28. The molecule has 0 aliphatic heterocycles. The molecule has 7 heteroatoms. The lowest BCUT2D eigenvalue weighted by Crippen LogP contribution is -2.29. The molecule has 1 aromatic carbocycles. The summed E-state index contributed by atoms with van der Waals surface area (Å²) in [7, 11) is 1.33. The normalized spacial score (nSPS) is 12.0. The van der Waals surface area contributed by atoms with Crippen molar-refractivity contribution in [1.29, 1.82) is 0 Å². The number of esters is 1. The van der Waals surface area contributed by atoms with E-state index in [-0.39, 0.29) is 23.6 Å². The molecule has 3 rings (SSSR count). The molecular weight excluding hydrogens is 374 g/mol. The molecule has 0 aliphatic rings. The van der Waals surface area contributed by atoms with Crippen molar-refractivity contribution >= 4 is 28.3 Å². The second-order valence-electron chi connectivity index (χ2n) is 6.75. The molecule has 2 heterocycles. The summed E-state index contributed by atoms with van der Waals surface area (Å²) in [4.78, 5) is 30.1. The molecule has 0 fully saturated rings. The van der Waals surface area contributed by atoms with Gasteiger partial charge < -0.3 is 14.6 Å². The molecule has 0 saturated carbocycles. The highest BCUT2D eigenvalue weighted by Gasteiger charge is 2.26. The maximum Gasteiger partial charge on any atom is 0.357 e. The average molecular weight is 398 g/mol. The van der Waals surface area contributed by atoms with Crippen molar-refractivity contribution in [1.82, 2.24) is 9.55 Å². The van der Waals surface area contributed by atoms with Crippen molar-refractivity contribution in [3.63, 3.8) is 0 Å². The number of carbonyl (C=O) groups is 2. The Kier molecular flexibility index (Phi) is 6.26. The SMILES string of the molecule is COC(=O)c1nc(NC(=O)[C@@H](C(C)C)n2cccc2)sc1Cc1ccccc1. The van der Waals surface area contributed by atoms with Crippen LogP contribution in [-0.2, 0) is 16.0 Å². The van der Waals surface area contributed by atoms with Crippen LogP contribution in [0.5, 0.6) is 0 Å². The van der Waals surface area contributed by atoms with E-state index in [2.05, 4.69) is 10.3 Å². The summed E-state index contributed by atoms with van der Waals surface area (Å²) in [6.45, 7) is 3.99. The molecule has 1 amide bonds. The van der Waals surface area contributed by atoms with Gasteiger partial charge in [-0.2, -0.15) is 0 Å². The summed E-state index contributed by atoms with van der Waals surface area (Å²) >= 11 is 1.30. The monoisotopic (exact) mass is 397 g/mol. The average Bonchev–Trinajstić information content (AvgIpc) is 3.32. The van der Waals surface area contributed by atoms with Crippen molar-refractivity contribution in [3.05, 3.63) is 71.0 Å². The Morgan fingerprint density at radius 2 is 1.82 bits per heavy atom. The van der Waals surface area contributed by atoms with E-state index in [1.54, 1.807) is 0 Å². The van der Waals surface area contributed by atoms with Gasteiger partial charge >= 0.3 is 5.97 Å². The van der Waals surface area contributed by atoms with Gasteiger partial charge in [-0.1, -0.05) is 44.2 Å². The van der Waals surface area contributed by atoms with Crippen LogP contribution in [0.2, 0.25) is 0 Å². The fourth-order valence-corrected chi connectivity index (χ4v) is 4.04. The standard InChI is InChI=1S/C21H23N3O3S/c1-14(2)18(24-11-7-8-12-24)19(25)23-21-22-17(20(26)27-3)16(28-21)13-15-9-5-4-6-10-15/h4-12,14,18H,13H2,1-3H3,(H,22,23,25)/t18-/m1/s1. The van der Waals surface area contributed by atoms with Gasteiger partial charge in [0, 0.05) is 23.7 Å². The highest BCUT2D eigenvalue weighted by molar-refractivity contribution is 7.16. The Hall–Kier alpha value is -2.93. The topological polar surface area (TPSA) is 73.2 Å². The number of anilines is 1. The number of aromatic nitrogens is 2. The van der Waals surface area contributed by atoms with Gasteiger partial charge in [-0.25, -0.2) is 9.78 Å². The van der Waals surface area contributed by atoms with Crippen LogP contribution >= 0.6 is 11.3 Å². The molecule has 0 spiro atoms. The molecule has 0 saturated heterocycles. The smallest absolute Gasteiger partial charge is 0.357 e. The first-order valence-corrected chi connectivity index (χ1v) is 9.86. The minimum absolute atomic E-state index is 0.0937. The van der Waals surface area contributed by atoms with Gasteiger partial charge in [0.2, 0.25) is 5.91 Å². The molecule has 0 radical (unpaired) electrons. The van der Waals surface area contributed by atoms with E-state index in [1.807, 2.05) is 73.3 Å². The third kappa shape index (κ3) is 4.48. The maximum absolute atomic E-state index is 12.9. The maximum atomic E-state index is 12.9. The number of nitrogens with one attached hydrogen (secondary N) is 1. The molecule has 0 aliphatic carbocycles. The zero-order chi connectivity index (χ0) is 20.1. The van der Waals surface area contributed by atoms with Crippen molar-refractivity contribution in [2.45, 2.75) is 26.3 Å². The molecular formula is C21H23N3O3S. The van der Waals surface area contributed by atoms with Crippen LogP contribution in [0.3, 0.4) is 0 Å². The van der Waals surface area contributed by atoms with Gasteiger partial charge in [-0.05, 0) is 23.6 Å². The van der Waals surface area contributed by atoms with Crippen LogP contribution in [0.25, 0.3) is 0 Å². The van der Waals surface area contributed by atoms with Crippen molar-refractivity contribution in [2.75, 3.05) is 12.4 Å². The Balaban J connectivity index is 1.85. The third-order valence-corrected chi connectivity index (χ3v) is 5.33. The predicted octanol–water partition coefficient (Wildman–Crippen LogP) is 4.16. The van der Waals surface area contributed by atoms with E-state index in [0.717, 1.165) is 10.4 Å². The van der Waals surface area contributed by atoms with Crippen molar-refractivity contribution < 1.29 is 14.3 Å². The molecule has 6 nitrogen and oxygen atoms in total. The number of benzene rings is 1. The molecule has 2 aromatic heterocycles. The lowest BCUT2D eigenvalue weighted by molar-refractivity contribution is -0.120. The number of nitrogens with zero attached hydrogens (tertiary/aromatic N) is 2. The van der Waals surface area contributed by atoms with E-state index >= 15 is 0 Å². The number of amides is 1. The summed E-state index contributed by atoms with van der Waals surface area (Å²) in [6.07, 6.45) is 4.28. The van der Waals surface area contributed by atoms with E-state index in [4.69, 9.17) is 4.74 Å². The van der Waals surface area contributed by atoms with Crippen LogP contribution in [0.1, 0.15) is 40.8 Å². The lowest BCUT2D eigenvalue weighted by Gasteiger charge is -2.21. The highest BCUT2D eigenvalue weighted by atomic mass is 32.1. The van der Waals surface area contributed by atoms with Crippen molar-refractivity contribution in [3.8, 4) is 0 Å². The number of hydrogen-bond donors (Lipinski definition) is 1. The Bertz CT molecular complexity index is 933. The van der Waals surface area contributed by atoms with Gasteiger partial charge in [0.25, 0.3) is 0 Å². The molecule has 0 unspecified atom stereocenters. The first-order valence-electron chi connectivity index (χ1n) is 9.05. The van der Waals surface area contributed by atoms with Gasteiger partial charge in [-0.15, -0.1) is 11.3 Å². The zero-order valence-corrected chi connectivity index (χ0v) is 16.9. The van der Waals surface area contributed by atoms with Crippen LogP contribution in [0, 0.1) is 5.92 Å². The second-order valence-corrected chi connectivity index (χ2v) is 7.84. The molecule has 28 heavy (non-hydrogen) atoms. The van der Waals surface area contributed by atoms with Crippen LogP contribution in [0.15, 0.2) is 54.9 Å². The summed E-state index contributed by atoms with van der Waals surface area (Å²) in [5.74, 6) is -0.577. The molecule has 146 valence electrons.